The predicted octanol–water partition coefficient (Wildman–Crippen LogP) is 0.618. The normalized spacial score (nSPS) is 18.0. The first kappa shape index (κ1) is 18.9. The zero-order chi connectivity index (χ0) is 19.4. The zero-order valence-electron chi connectivity index (χ0n) is 15.5. The van der Waals surface area contributed by atoms with Crippen LogP contribution in [0.4, 0.5) is 0 Å². The summed E-state index contributed by atoms with van der Waals surface area (Å²) in [6, 6.07) is 6.66. The summed E-state index contributed by atoms with van der Waals surface area (Å²) in [6.45, 7) is 0.647. The first-order valence-corrected chi connectivity index (χ1v) is 8.88. The van der Waals surface area contributed by atoms with Crippen LogP contribution in [0, 0.1) is 0 Å². The molecule has 0 aliphatic carbocycles. The number of rotatable bonds is 4. The Labute approximate surface area is 157 Å². The van der Waals surface area contributed by atoms with Crippen molar-refractivity contribution in [2.75, 3.05) is 20.2 Å². The van der Waals surface area contributed by atoms with Gasteiger partial charge in [-0.3, -0.25) is 9.59 Å². The van der Waals surface area contributed by atoms with E-state index in [9.17, 15) is 14.7 Å². The molecule has 2 heterocycles. The van der Waals surface area contributed by atoms with Crippen LogP contribution in [0.2, 0.25) is 0 Å². The van der Waals surface area contributed by atoms with E-state index in [0.29, 0.717) is 31.0 Å². The maximum Gasteiger partial charge on any atom is 0.311 e. The average molecular weight is 372 g/mol. The van der Waals surface area contributed by atoms with Crippen LogP contribution in [0.3, 0.4) is 0 Å². The van der Waals surface area contributed by atoms with E-state index in [1.54, 1.807) is 36.2 Å². The minimum absolute atomic E-state index is 0.179. The lowest BCUT2D eigenvalue weighted by atomic mass is 10.1. The second kappa shape index (κ2) is 8.22. The number of carbonyl (C=O) groups excluding carboxylic acids is 2. The minimum Gasteiger partial charge on any atom is -0.497 e. The second-order valence-electron chi connectivity index (χ2n) is 6.63. The van der Waals surface area contributed by atoms with Gasteiger partial charge in [-0.15, -0.1) is 0 Å². The number of carbonyl (C=O) groups is 2. The van der Waals surface area contributed by atoms with Gasteiger partial charge in [-0.05, 0) is 30.5 Å². The Hall–Kier alpha value is -2.87. The number of aryl methyl sites for hydroxylation is 1. The lowest BCUT2D eigenvalue weighted by molar-refractivity contribution is -0.148. The van der Waals surface area contributed by atoms with Crippen molar-refractivity contribution in [3.05, 3.63) is 48.0 Å². The van der Waals surface area contributed by atoms with Crippen molar-refractivity contribution in [3.8, 4) is 5.75 Å². The number of imidazole rings is 1. The lowest BCUT2D eigenvalue weighted by Crippen LogP contribution is -2.49. The van der Waals surface area contributed by atoms with Gasteiger partial charge in [-0.1, -0.05) is 12.1 Å². The largest absolute Gasteiger partial charge is 0.497 e. The molecular formula is C19H24N4O4. The smallest absolute Gasteiger partial charge is 0.311 e. The van der Waals surface area contributed by atoms with Crippen molar-refractivity contribution in [2.24, 2.45) is 7.05 Å². The quantitative estimate of drug-likeness (QED) is 0.767. The summed E-state index contributed by atoms with van der Waals surface area (Å²) in [5.41, 5.74) is 0.753. The van der Waals surface area contributed by atoms with Crippen LogP contribution in [0.5, 0.6) is 5.75 Å². The van der Waals surface area contributed by atoms with Crippen LogP contribution in [0.1, 0.15) is 30.3 Å². The number of benzene rings is 1. The Morgan fingerprint density at radius 3 is 2.89 bits per heavy atom. The number of piperidine rings is 1. The van der Waals surface area contributed by atoms with Crippen LogP contribution in [-0.2, 0) is 16.6 Å². The summed E-state index contributed by atoms with van der Waals surface area (Å²) >= 11 is 0. The highest BCUT2D eigenvalue weighted by atomic mass is 16.5. The van der Waals surface area contributed by atoms with Crippen molar-refractivity contribution in [3.63, 3.8) is 0 Å². The van der Waals surface area contributed by atoms with E-state index in [1.165, 1.54) is 4.90 Å². The maximum atomic E-state index is 12.6. The number of β-amino-alcohol motifs (C(OH)–C–C–N with tert-alkyl or cyclic N) is 1. The summed E-state index contributed by atoms with van der Waals surface area (Å²) in [5, 5.41) is 12.6. The summed E-state index contributed by atoms with van der Waals surface area (Å²) in [6.07, 6.45) is 4.15. The molecule has 1 saturated heterocycles. The number of ether oxygens (including phenoxy) is 1. The molecule has 2 atom stereocenters. The molecule has 0 bridgehead atoms. The molecule has 144 valence electrons. The standard InChI is InChI=1S/C19H24N4O4/c1-22-10-8-20-17(22)16(13-5-3-7-15(11-13)27-2)21-18(25)19(26)23-9-4-6-14(24)12-23/h3,5,7-8,10-11,14,16,24H,4,6,9,12H2,1-2H3,(H,21,25)/t14-,16+/m0/s1. The molecule has 2 aromatic rings. The molecule has 0 unspecified atom stereocenters. The topological polar surface area (TPSA) is 96.7 Å². The molecule has 1 aromatic carbocycles. The van der Waals surface area contributed by atoms with Gasteiger partial charge in [0, 0.05) is 32.5 Å². The molecule has 0 radical (unpaired) electrons. The third-order valence-corrected chi connectivity index (χ3v) is 4.70. The van der Waals surface area contributed by atoms with E-state index in [4.69, 9.17) is 4.74 Å². The van der Waals surface area contributed by atoms with E-state index in [-0.39, 0.29) is 6.54 Å². The van der Waals surface area contributed by atoms with Crippen LogP contribution in [0.15, 0.2) is 36.7 Å². The minimum atomic E-state index is -0.722. The van der Waals surface area contributed by atoms with Gasteiger partial charge in [0.15, 0.2) is 0 Å². The first-order valence-electron chi connectivity index (χ1n) is 8.88. The number of nitrogens with zero attached hydrogens (tertiary/aromatic N) is 3. The van der Waals surface area contributed by atoms with Crippen molar-refractivity contribution < 1.29 is 19.4 Å². The number of aromatic nitrogens is 2. The third kappa shape index (κ3) is 4.28. The molecule has 0 spiro atoms. The molecule has 1 aliphatic heterocycles. The highest BCUT2D eigenvalue weighted by molar-refractivity contribution is 6.35. The Bertz CT molecular complexity index is 820. The Morgan fingerprint density at radius 1 is 1.41 bits per heavy atom. The van der Waals surface area contributed by atoms with Gasteiger partial charge in [0.25, 0.3) is 0 Å². The molecule has 1 aliphatic rings. The lowest BCUT2D eigenvalue weighted by Gasteiger charge is -2.30. The molecule has 1 aromatic heterocycles. The van der Waals surface area contributed by atoms with Crippen molar-refractivity contribution in [1.29, 1.82) is 0 Å². The van der Waals surface area contributed by atoms with Crippen molar-refractivity contribution in [2.45, 2.75) is 25.0 Å². The fourth-order valence-corrected chi connectivity index (χ4v) is 3.25. The average Bonchev–Trinajstić information content (AvgIpc) is 3.11. The molecule has 8 nitrogen and oxygen atoms in total. The first-order chi connectivity index (χ1) is 13.0. The van der Waals surface area contributed by atoms with Gasteiger partial charge in [0.2, 0.25) is 0 Å². The molecule has 3 rings (SSSR count). The number of methoxy groups -OCH3 is 1. The fourth-order valence-electron chi connectivity index (χ4n) is 3.25. The van der Waals surface area contributed by atoms with Crippen LogP contribution < -0.4 is 10.1 Å². The Kier molecular flexibility index (Phi) is 5.75. The number of amides is 2. The van der Waals surface area contributed by atoms with Gasteiger partial charge in [-0.25, -0.2) is 4.98 Å². The van der Waals surface area contributed by atoms with Crippen LogP contribution >= 0.6 is 0 Å². The molecular weight excluding hydrogens is 348 g/mol. The third-order valence-electron chi connectivity index (χ3n) is 4.70. The number of likely N-dealkylation sites (tertiary alicyclic amines) is 1. The highest BCUT2D eigenvalue weighted by Crippen LogP contribution is 2.24. The van der Waals surface area contributed by atoms with E-state index < -0.39 is 24.0 Å². The predicted molar refractivity (Wildman–Crippen MR) is 98.0 cm³/mol. The summed E-state index contributed by atoms with van der Waals surface area (Å²) in [7, 11) is 3.39. The summed E-state index contributed by atoms with van der Waals surface area (Å²) in [5.74, 6) is -0.120. The number of nitrogens with one attached hydrogen (secondary N) is 1. The van der Waals surface area contributed by atoms with Crippen LogP contribution in [0.25, 0.3) is 0 Å². The molecule has 2 N–H and O–H groups in total. The highest BCUT2D eigenvalue weighted by Gasteiger charge is 2.30. The number of hydrogen-bond donors (Lipinski definition) is 2. The van der Waals surface area contributed by atoms with Gasteiger partial charge < -0.3 is 24.6 Å². The van der Waals surface area contributed by atoms with Crippen molar-refractivity contribution in [1.82, 2.24) is 19.8 Å². The van der Waals surface area contributed by atoms with Gasteiger partial charge >= 0.3 is 11.8 Å². The van der Waals surface area contributed by atoms with Crippen molar-refractivity contribution >= 4 is 11.8 Å². The Balaban J connectivity index is 1.84. The summed E-state index contributed by atoms with van der Waals surface area (Å²) in [4.78, 5) is 30.9. The number of hydrogen-bond acceptors (Lipinski definition) is 5. The molecule has 0 saturated carbocycles. The maximum absolute atomic E-state index is 12.6. The number of aliphatic hydroxyl groups is 1. The molecule has 1 fully saturated rings. The zero-order valence-corrected chi connectivity index (χ0v) is 15.5. The summed E-state index contributed by atoms with van der Waals surface area (Å²) < 4.78 is 7.06. The van der Waals surface area contributed by atoms with Gasteiger partial charge in [0.1, 0.15) is 17.6 Å². The molecule has 27 heavy (non-hydrogen) atoms. The van der Waals surface area contributed by atoms with E-state index in [1.807, 2.05) is 19.2 Å². The van der Waals surface area contributed by atoms with Crippen LogP contribution in [-0.4, -0.2) is 57.7 Å². The number of aliphatic hydroxyl groups excluding tert-OH is 1. The fraction of sp³-hybridized carbons (Fsp3) is 0.421. The Morgan fingerprint density at radius 2 is 2.22 bits per heavy atom. The van der Waals surface area contributed by atoms with E-state index >= 15 is 0 Å². The SMILES string of the molecule is COc1cccc([C@@H](NC(=O)C(=O)N2CCC[C@H](O)C2)c2nccn2C)c1. The monoisotopic (exact) mass is 372 g/mol. The second-order valence-corrected chi connectivity index (χ2v) is 6.63. The van der Waals surface area contributed by atoms with E-state index in [2.05, 4.69) is 10.3 Å². The molecule has 8 heteroatoms. The van der Waals surface area contributed by atoms with Gasteiger partial charge in [0.05, 0.1) is 13.2 Å². The molecule has 2 amide bonds. The van der Waals surface area contributed by atoms with E-state index in [0.717, 1.165) is 5.56 Å². The van der Waals surface area contributed by atoms with Gasteiger partial charge in [-0.2, -0.15) is 0 Å².